The van der Waals surface area contributed by atoms with Gasteiger partial charge in [0.1, 0.15) is 11.9 Å². The van der Waals surface area contributed by atoms with Crippen molar-refractivity contribution >= 4 is 5.82 Å². The molecule has 0 radical (unpaired) electrons. The molecule has 1 saturated heterocycles. The van der Waals surface area contributed by atoms with Gasteiger partial charge in [0, 0.05) is 18.1 Å². The number of hydrogen-bond acceptors (Lipinski definition) is 7. The maximum Gasteiger partial charge on any atom is 0.267 e. The Labute approximate surface area is 156 Å². The molecule has 2 aromatic heterocycles. The summed E-state index contributed by atoms with van der Waals surface area (Å²) in [5.74, 6) is 0.686. The molecule has 2 atom stereocenters. The van der Waals surface area contributed by atoms with Gasteiger partial charge in [-0.1, -0.05) is 0 Å². The van der Waals surface area contributed by atoms with E-state index in [0.29, 0.717) is 32.2 Å². The van der Waals surface area contributed by atoms with Crippen LogP contribution < -0.4 is 10.9 Å². The summed E-state index contributed by atoms with van der Waals surface area (Å²) in [5.41, 5.74) is 4.17. The molecule has 3 aliphatic rings. The molecule has 27 heavy (non-hydrogen) atoms. The summed E-state index contributed by atoms with van der Waals surface area (Å²) in [5, 5.41) is 16.7. The second-order valence-electron chi connectivity index (χ2n) is 7.47. The summed E-state index contributed by atoms with van der Waals surface area (Å²) in [7, 11) is 0. The second kappa shape index (κ2) is 7.01. The molecule has 1 N–H and O–H groups in total. The molecule has 0 spiro atoms. The van der Waals surface area contributed by atoms with Crippen molar-refractivity contribution in [2.45, 2.75) is 50.8 Å². The van der Waals surface area contributed by atoms with Crippen LogP contribution in [0.4, 0.5) is 5.82 Å². The number of nitrogens with one attached hydrogen (secondary N) is 1. The van der Waals surface area contributed by atoms with Crippen molar-refractivity contribution in [1.29, 1.82) is 0 Å². The summed E-state index contributed by atoms with van der Waals surface area (Å²) in [4.78, 5) is 12.6. The van der Waals surface area contributed by atoms with Crippen LogP contribution in [0.3, 0.4) is 0 Å². The van der Waals surface area contributed by atoms with Gasteiger partial charge in [-0.3, -0.25) is 4.79 Å². The van der Waals surface area contributed by atoms with Crippen LogP contribution in [0.15, 0.2) is 16.9 Å². The maximum absolute atomic E-state index is 12.6. The van der Waals surface area contributed by atoms with Gasteiger partial charge in [0.15, 0.2) is 0 Å². The summed E-state index contributed by atoms with van der Waals surface area (Å²) in [6.07, 6.45) is 4.96. The highest BCUT2D eigenvalue weighted by Crippen LogP contribution is 2.24. The molecule has 142 valence electrons. The monoisotopic (exact) mass is 369 g/mol. The lowest BCUT2D eigenvalue weighted by molar-refractivity contribution is 0.109. The maximum atomic E-state index is 12.6. The zero-order valence-corrected chi connectivity index (χ0v) is 15.2. The predicted molar refractivity (Wildman–Crippen MR) is 97.8 cm³/mol. The van der Waals surface area contributed by atoms with Crippen LogP contribution in [0.2, 0.25) is 0 Å². The van der Waals surface area contributed by atoms with Gasteiger partial charge in [-0.25, -0.2) is 4.68 Å². The minimum atomic E-state index is -0.154. The molecule has 8 nitrogen and oxygen atoms in total. The van der Waals surface area contributed by atoms with E-state index in [1.165, 1.54) is 0 Å². The number of aryl methyl sites for hydroxylation is 2. The van der Waals surface area contributed by atoms with Crippen LogP contribution >= 0.6 is 0 Å². The van der Waals surface area contributed by atoms with Gasteiger partial charge in [-0.2, -0.15) is 10.2 Å². The molecule has 5 rings (SSSR count). The SMILES string of the molecule is O=c1cc2c(nn1C1COCC1Nc1cc3c(nn1)CCOC3)CCCC2. The molecule has 4 heterocycles. The van der Waals surface area contributed by atoms with E-state index in [-0.39, 0.29) is 17.6 Å². The Morgan fingerprint density at radius 3 is 2.89 bits per heavy atom. The van der Waals surface area contributed by atoms with Crippen LogP contribution in [0.5, 0.6) is 0 Å². The van der Waals surface area contributed by atoms with Gasteiger partial charge in [-0.15, -0.1) is 5.10 Å². The number of fused-ring (bicyclic) bond motifs is 2. The van der Waals surface area contributed by atoms with Gasteiger partial charge < -0.3 is 14.8 Å². The lowest BCUT2D eigenvalue weighted by atomic mass is 9.97. The molecule has 0 bridgehead atoms. The first-order chi connectivity index (χ1) is 13.3. The van der Waals surface area contributed by atoms with Crippen LogP contribution in [0.1, 0.15) is 41.4 Å². The Bertz CT molecular complexity index is 913. The molecule has 2 aromatic rings. The first kappa shape index (κ1) is 16.8. The minimum Gasteiger partial charge on any atom is -0.377 e. The van der Waals surface area contributed by atoms with E-state index in [1.54, 1.807) is 10.7 Å². The summed E-state index contributed by atoms with van der Waals surface area (Å²) >= 11 is 0. The number of ether oxygens (including phenoxy) is 2. The molecular weight excluding hydrogens is 346 g/mol. The highest BCUT2D eigenvalue weighted by Gasteiger charge is 2.32. The average molecular weight is 369 g/mol. The Hall–Kier alpha value is -2.32. The van der Waals surface area contributed by atoms with Crippen molar-refractivity contribution in [3.8, 4) is 0 Å². The number of hydrogen-bond donors (Lipinski definition) is 1. The number of anilines is 1. The van der Waals surface area contributed by atoms with Crippen LogP contribution in [-0.2, 0) is 35.3 Å². The molecule has 1 fully saturated rings. The van der Waals surface area contributed by atoms with Crippen molar-refractivity contribution in [3.63, 3.8) is 0 Å². The summed E-state index contributed by atoms with van der Waals surface area (Å²) < 4.78 is 12.8. The van der Waals surface area contributed by atoms with Crippen LogP contribution in [0, 0.1) is 0 Å². The van der Waals surface area contributed by atoms with E-state index in [2.05, 4.69) is 20.6 Å². The molecule has 2 unspecified atom stereocenters. The van der Waals surface area contributed by atoms with Gasteiger partial charge >= 0.3 is 0 Å². The summed E-state index contributed by atoms with van der Waals surface area (Å²) in [6.45, 7) is 2.23. The van der Waals surface area contributed by atoms with Gasteiger partial charge in [-0.05, 0) is 37.3 Å². The third-order valence-corrected chi connectivity index (χ3v) is 5.63. The average Bonchev–Trinajstić information content (AvgIpc) is 3.15. The molecule has 2 aliphatic heterocycles. The van der Waals surface area contributed by atoms with E-state index in [4.69, 9.17) is 9.47 Å². The van der Waals surface area contributed by atoms with Gasteiger partial charge in [0.25, 0.3) is 5.56 Å². The second-order valence-corrected chi connectivity index (χ2v) is 7.47. The molecule has 1 aliphatic carbocycles. The van der Waals surface area contributed by atoms with E-state index in [1.807, 2.05) is 6.07 Å². The van der Waals surface area contributed by atoms with Crippen molar-refractivity contribution in [2.24, 2.45) is 0 Å². The van der Waals surface area contributed by atoms with Crippen molar-refractivity contribution in [2.75, 3.05) is 25.1 Å². The highest BCUT2D eigenvalue weighted by atomic mass is 16.5. The minimum absolute atomic E-state index is 0.0529. The fourth-order valence-electron chi connectivity index (χ4n) is 4.14. The first-order valence-corrected chi connectivity index (χ1v) is 9.67. The topological polar surface area (TPSA) is 91.2 Å². The molecule has 0 aromatic carbocycles. The van der Waals surface area contributed by atoms with Gasteiger partial charge in [0.05, 0.1) is 43.9 Å². The highest BCUT2D eigenvalue weighted by molar-refractivity contribution is 5.40. The van der Waals surface area contributed by atoms with Crippen molar-refractivity contribution < 1.29 is 9.47 Å². The zero-order valence-electron chi connectivity index (χ0n) is 15.2. The first-order valence-electron chi connectivity index (χ1n) is 9.67. The third-order valence-electron chi connectivity index (χ3n) is 5.63. The molecule has 0 saturated carbocycles. The largest absolute Gasteiger partial charge is 0.377 e. The van der Waals surface area contributed by atoms with Crippen LogP contribution in [-0.4, -0.2) is 45.8 Å². The lowest BCUT2D eigenvalue weighted by Gasteiger charge is -2.23. The molecular formula is C19H23N5O3. The molecule has 0 amide bonds. The van der Waals surface area contributed by atoms with Crippen molar-refractivity contribution in [3.05, 3.63) is 45.0 Å². The number of nitrogens with zero attached hydrogens (tertiary/aromatic N) is 4. The Balaban J connectivity index is 1.40. The summed E-state index contributed by atoms with van der Waals surface area (Å²) in [6, 6.07) is 3.51. The third kappa shape index (κ3) is 3.23. The Morgan fingerprint density at radius 1 is 1.00 bits per heavy atom. The van der Waals surface area contributed by atoms with E-state index in [0.717, 1.165) is 54.6 Å². The standard InChI is InChI=1S/C19H23N5O3/c25-19-8-12-3-1-2-4-15(12)23-24(19)17-11-27-10-16(17)20-18-7-13-9-26-6-5-14(13)21-22-18/h7-8,16-17H,1-6,9-11H2,(H,20,22). The van der Waals surface area contributed by atoms with Gasteiger partial charge in [0.2, 0.25) is 0 Å². The van der Waals surface area contributed by atoms with Crippen LogP contribution in [0.25, 0.3) is 0 Å². The fraction of sp³-hybridized carbons (Fsp3) is 0.579. The quantitative estimate of drug-likeness (QED) is 0.864. The van der Waals surface area contributed by atoms with E-state index in [9.17, 15) is 4.79 Å². The smallest absolute Gasteiger partial charge is 0.267 e. The number of rotatable bonds is 3. The number of aromatic nitrogens is 4. The van der Waals surface area contributed by atoms with E-state index < -0.39 is 0 Å². The predicted octanol–water partition coefficient (Wildman–Crippen LogP) is 1.04. The van der Waals surface area contributed by atoms with E-state index >= 15 is 0 Å². The Kier molecular flexibility index (Phi) is 4.37. The lowest BCUT2D eigenvalue weighted by Crippen LogP contribution is -2.38. The molecule has 8 heteroatoms. The normalized spacial score (nSPS) is 24.3. The zero-order chi connectivity index (χ0) is 18.2. The Morgan fingerprint density at radius 2 is 1.93 bits per heavy atom. The fourth-order valence-corrected chi connectivity index (χ4v) is 4.14. The van der Waals surface area contributed by atoms with Crippen molar-refractivity contribution in [1.82, 2.24) is 20.0 Å².